The third-order valence-electron chi connectivity index (χ3n) is 7.14. The van der Waals surface area contributed by atoms with Crippen molar-refractivity contribution in [2.24, 2.45) is 11.3 Å². The first kappa shape index (κ1) is 39.3. The Morgan fingerprint density at radius 1 is 1.10 bits per heavy atom. The molecule has 2 fully saturated rings. The van der Waals surface area contributed by atoms with Gasteiger partial charge < -0.3 is 26.0 Å². The lowest BCUT2D eigenvalue weighted by molar-refractivity contribution is -0.143. The van der Waals surface area contributed by atoms with Crippen LogP contribution in [0.3, 0.4) is 0 Å². The van der Waals surface area contributed by atoms with Crippen LogP contribution in [0.25, 0.3) is 0 Å². The van der Waals surface area contributed by atoms with Gasteiger partial charge in [-0.25, -0.2) is 13.9 Å². The van der Waals surface area contributed by atoms with Crippen molar-refractivity contribution in [2.75, 3.05) is 31.9 Å². The van der Waals surface area contributed by atoms with Gasteiger partial charge >= 0.3 is 12.0 Å². The number of carbonyl (C=O) groups excluding carboxylic acids is 3. The lowest BCUT2D eigenvalue weighted by Gasteiger charge is -2.34. The summed E-state index contributed by atoms with van der Waals surface area (Å²) < 4.78 is 2.36. The van der Waals surface area contributed by atoms with Crippen LogP contribution in [0.4, 0.5) is 4.79 Å². The zero-order chi connectivity index (χ0) is 32.1. The monoisotopic (exact) mass is 609 g/mol. The van der Waals surface area contributed by atoms with Gasteiger partial charge in [0.1, 0.15) is 12.1 Å². The molecule has 0 aromatic rings. The molecule has 0 aliphatic carbocycles. The van der Waals surface area contributed by atoms with E-state index in [1.165, 1.54) is 17.1 Å². The van der Waals surface area contributed by atoms with Gasteiger partial charge in [0.05, 0.1) is 0 Å². The topological polar surface area (TPSA) is 131 Å². The molecule has 0 radical (unpaired) electrons. The molecule has 2 unspecified atom stereocenters. The van der Waals surface area contributed by atoms with Gasteiger partial charge in [0.2, 0.25) is 12.3 Å². The van der Waals surface area contributed by atoms with Crippen molar-refractivity contribution in [3.05, 3.63) is 12.2 Å². The summed E-state index contributed by atoms with van der Waals surface area (Å²) in [6.07, 6.45) is 19.4. The maximum Gasteiger partial charge on any atom is 0.326 e. The highest BCUT2D eigenvalue weighted by Gasteiger charge is 2.33. The number of nitrogens with one attached hydrogen (secondary N) is 3. The van der Waals surface area contributed by atoms with Crippen LogP contribution in [0.2, 0.25) is 0 Å². The molecule has 42 heavy (non-hydrogen) atoms. The van der Waals surface area contributed by atoms with Crippen molar-refractivity contribution in [1.29, 1.82) is 0 Å². The van der Waals surface area contributed by atoms with Crippen LogP contribution in [-0.2, 0) is 14.4 Å². The molecule has 11 heteroatoms. The van der Waals surface area contributed by atoms with Crippen LogP contribution in [0.15, 0.2) is 12.2 Å². The van der Waals surface area contributed by atoms with E-state index in [2.05, 4.69) is 60.8 Å². The number of aliphatic carboxylic acids is 1. The standard InChI is InChI=1S/C17H28N2O4.C12H25N3OS.C2H2/c1-3-4-5-6-7-9-13(2)15(17(22)23)18-16(21)14-10-8-11-19(14)12-20;1-5-13-11(16)14-10(12(2,3)4)9-15-7-6-8-17-15;1-2/h7,9,12-15H,3-6,8,10-11H2,1-2H3,(H,18,21)(H,22,23);10H,5-9H2,1-4H3,(H2,13,14,16);1-2H/b9-7-;;/t13?,14-,15?;10-;/m01./s1. The smallest absolute Gasteiger partial charge is 0.326 e. The summed E-state index contributed by atoms with van der Waals surface area (Å²) in [5.41, 5.74) is 0.0776. The van der Waals surface area contributed by atoms with Crippen molar-refractivity contribution < 1.29 is 24.3 Å². The van der Waals surface area contributed by atoms with Crippen LogP contribution in [-0.4, -0.2) is 88.7 Å². The van der Waals surface area contributed by atoms with Gasteiger partial charge in [-0.15, -0.1) is 12.8 Å². The van der Waals surface area contributed by atoms with E-state index in [9.17, 15) is 24.3 Å². The highest BCUT2D eigenvalue weighted by molar-refractivity contribution is 7.97. The van der Waals surface area contributed by atoms with Crippen molar-refractivity contribution in [2.45, 2.75) is 105 Å². The first-order chi connectivity index (χ1) is 19.9. The van der Waals surface area contributed by atoms with Crippen LogP contribution >= 0.6 is 11.9 Å². The normalized spacial score (nSPS) is 19.0. The Labute approximate surface area is 258 Å². The van der Waals surface area contributed by atoms with Crippen molar-refractivity contribution >= 4 is 36.3 Å². The quantitative estimate of drug-likeness (QED) is 0.0761. The second-order valence-electron chi connectivity index (χ2n) is 11.6. The Kier molecular flexibility index (Phi) is 20.5. The Hall–Kier alpha value is -2.71. The third-order valence-corrected chi connectivity index (χ3v) is 8.30. The van der Waals surface area contributed by atoms with Crippen LogP contribution in [0.5, 0.6) is 0 Å². The van der Waals surface area contributed by atoms with E-state index in [0.717, 1.165) is 45.2 Å². The van der Waals surface area contributed by atoms with Crippen LogP contribution < -0.4 is 16.0 Å². The summed E-state index contributed by atoms with van der Waals surface area (Å²) in [6.45, 7) is 15.6. The van der Waals surface area contributed by atoms with E-state index in [0.29, 0.717) is 25.9 Å². The number of carboxylic acids is 1. The second kappa shape index (κ2) is 21.9. The number of carboxylic acid groups (broad SMARTS) is 1. The van der Waals surface area contributed by atoms with Gasteiger partial charge in [0.15, 0.2) is 0 Å². The van der Waals surface area contributed by atoms with E-state index < -0.39 is 18.1 Å². The number of terminal acetylenes is 1. The number of unbranched alkanes of at least 4 members (excludes halogenated alkanes) is 3. The van der Waals surface area contributed by atoms with Gasteiger partial charge in [-0.2, -0.15) is 0 Å². The largest absolute Gasteiger partial charge is 0.480 e. The summed E-state index contributed by atoms with van der Waals surface area (Å²) in [5.74, 6) is -0.532. The van der Waals surface area contributed by atoms with Gasteiger partial charge in [0, 0.05) is 43.9 Å². The average Bonchev–Trinajstić information content (AvgIpc) is 3.64. The second-order valence-corrected chi connectivity index (χ2v) is 12.8. The minimum absolute atomic E-state index is 0.0587. The maximum atomic E-state index is 12.2. The molecule has 2 rings (SSSR count). The first-order valence-corrected chi connectivity index (χ1v) is 16.0. The molecule has 0 bridgehead atoms. The fraction of sp³-hybridized carbons (Fsp3) is 0.742. The number of likely N-dealkylation sites (tertiary alicyclic amines) is 1. The van der Waals surface area contributed by atoms with E-state index in [1.807, 2.05) is 31.0 Å². The molecule has 10 nitrogen and oxygen atoms in total. The van der Waals surface area contributed by atoms with E-state index >= 15 is 0 Å². The predicted molar refractivity (Wildman–Crippen MR) is 172 cm³/mol. The molecule has 2 aliphatic rings. The third kappa shape index (κ3) is 15.5. The number of urea groups is 1. The Balaban J connectivity index is 0.000000785. The predicted octanol–water partition coefficient (Wildman–Crippen LogP) is 4.27. The molecule has 4 atom stereocenters. The number of hydrogen-bond acceptors (Lipinski definition) is 6. The highest BCUT2D eigenvalue weighted by Crippen LogP contribution is 2.26. The van der Waals surface area contributed by atoms with Crippen molar-refractivity contribution in [1.82, 2.24) is 25.2 Å². The molecule has 0 aromatic heterocycles. The number of hydrogen-bond donors (Lipinski definition) is 4. The van der Waals surface area contributed by atoms with Crippen molar-refractivity contribution in [3.8, 4) is 12.8 Å². The number of nitrogens with zero attached hydrogens (tertiary/aromatic N) is 2. The average molecular weight is 610 g/mol. The minimum Gasteiger partial charge on any atom is -0.480 e. The highest BCUT2D eigenvalue weighted by atomic mass is 32.2. The summed E-state index contributed by atoms with van der Waals surface area (Å²) in [5, 5.41) is 17.8. The summed E-state index contributed by atoms with van der Waals surface area (Å²) in [7, 11) is 0. The van der Waals surface area contributed by atoms with E-state index in [4.69, 9.17) is 0 Å². The zero-order valence-electron chi connectivity index (χ0n) is 26.6. The molecule has 2 heterocycles. The lowest BCUT2D eigenvalue weighted by Crippen LogP contribution is -2.52. The van der Waals surface area contributed by atoms with E-state index in [1.54, 1.807) is 6.92 Å². The number of carbonyl (C=O) groups is 4. The maximum absolute atomic E-state index is 12.2. The molecule has 2 saturated heterocycles. The fourth-order valence-corrected chi connectivity index (χ4v) is 5.58. The molecule has 0 spiro atoms. The summed E-state index contributed by atoms with van der Waals surface area (Å²) in [4.78, 5) is 47.7. The van der Waals surface area contributed by atoms with Crippen LogP contribution in [0, 0.1) is 24.2 Å². The zero-order valence-corrected chi connectivity index (χ0v) is 27.4. The van der Waals surface area contributed by atoms with Gasteiger partial charge in [0.25, 0.3) is 0 Å². The molecular weight excluding hydrogens is 554 g/mol. The molecule has 0 aromatic carbocycles. The fourth-order valence-electron chi connectivity index (χ4n) is 4.55. The Bertz CT molecular complexity index is 854. The van der Waals surface area contributed by atoms with Crippen molar-refractivity contribution in [3.63, 3.8) is 0 Å². The lowest BCUT2D eigenvalue weighted by atomic mass is 9.86. The van der Waals surface area contributed by atoms with Gasteiger partial charge in [-0.3, -0.25) is 9.59 Å². The SMILES string of the molecule is C#C.CCCCC/C=C\C(C)C(NC(=O)[C@@H]1CCCN1C=O)C(=O)O.CCNC(=O)N[C@H](CN1CCCS1)C(C)(C)C. The Morgan fingerprint density at radius 2 is 1.79 bits per heavy atom. The van der Waals surface area contributed by atoms with E-state index in [-0.39, 0.29) is 29.3 Å². The number of amides is 4. The molecule has 4 N–H and O–H groups in total. The minimum atomic E-state index is -1.06. The Morgan fingerprint density at radius 3 is 2.31 bits per heavy atom. The molecule has 0 saturated carbocycles. The first-order valence-electron chi connectivity index (χ1n) is 15.1. The molecule has 240 valence electrons. The number of allylic oxidation sites excluding steroid dienone is 1. The summed E-state index contributed by atoms with van der Waals surface area (Å²) in [6, 6.07) is -1.40. The van der Waals surface area contributed by atoms with Crippen LogP contribution in [0.1, 0.15) is 86.5 Å². The summed E-state index contributed by atoms with van der Waals surface area (Å²) >= 11 is 1.89. The van der Waals surface area contributed by atoms with Gasteiger partial charge in [-0.05, 0) is 44.4 Å². The molecule has 4 amide bonds. The number of rotatable bonds is 14. The molecule has 2 aliphatic heterocycles. The van der Waals surface area contributed by atoms with Gasteiger partial charge in [-0.1, -0.05) is 71.6 Å². The molecular formula is C31H55N5O5S.